The molecular formula is C28H33F4NO6S. The smallest absolute Gasteiger partial charge is 0.494 e. The van der Waals surface area contributed by atoms with E-state index in [1.54, 1.807) is 45.9 Å². The predicted molar refractivity (Wildman–Crippen MR) is 141 cm³/mol. The number of alkyl halides is 3. The maximum Gasteiger partial charge on any atom is 0.534 e. The number of rotatable bonds is 10. The van der Waals surface area contributed by atoms with Gasteiger partial charge >= 0.3 is 21.6 Å². The number of methoxy groups -OCH3 is 1. The number of halogens is 4. The van der Waals surface area contributed by atoms with Crippen molar-refractivity contribution in [3.63, 3.8) is 0 Å². The molecule has 7 nitrogen and oxygen atoms in total. The van der Waals surface area contributed by atoms with Crippen LogP contribution in [0.5, 0.6) is 5.75 Å². The monoisotopic (exact) mass is 587 g/mol. The Morgan fingerprint density at radius 2 is 1.75 bits per heavy atom. The van der Waals surface area contributed by atoms with Crippen LogP contribution in [0.2, 0.25) is 0 Å². The van der Waals surface area contributed by atoms with Gasteiger partial charge in [0.25, 0.3) is 0 Å². The van der Waals surface area contributed by atoms with Crippen molar-refractivity contribution in [2.75, 3.05) is 13.7 Å². The number of hydrogen-bond acceptors (Lipinski definition) is 7. The molecule has 0 fully saturated rings. The quantitative estimate of drug-likeness (QED) is 0.123. The number of allylic oxidation sites excluding steroid dienone is 1. The largest absolute Gasteiger partial charge is 0.534 e. The molecule has 0 heterocycles. The highest BCUT2D eigenvalue weighted by Crippen LogP contribution is 2.36. The van der Waals surface area contributed by atoms with Gasteiger partial charge in [0.15, 0.2) is 11.6 Å². The van der Waals surface area contributed by atoms with Crippen LogP contribution in [-0.2, 0) is 35.8 Å². The number of hydrogen-bond donors (Lipinski definition) is 1. The van der Waals surface area contributed by atoms with Gasteiger partial charge in [-0.1, -0.05) is 30.3 Å². The second kappa shape index (κ2) is 11.8. The minimum atomic E-state index is -5.84. The third kappa shape index (κ3) is 7.34. The molecule has 0 saturated heterocycles. The highest BCUT2D eigenvalue weighted by molar-refractivity contribution is 7.87. The number of benzene rings is 2. The fraction of sp³-hybridized carbons (Fsp3) is 0.464. The standard InChI is InChI=1S/C28H33F4NO6S/c1-26(2,3)38-25(34)27(4,20-12-13-22(29)24(17-20)37-5)33-14-8-9-18-15-19-10-6-7-11-21(19)23(16-18)39-40(35,36)28(30,31)32/h6-7,10-13,16-18,33H,8-9,14-15H2,1-5H3/t18-,27-/m1/s1. The average molecular weight is 588 g/mol. The number of carbonyl (C=O) groups excluding carboxylic acids is 1. The van der Waals surface area contributed by atoms with Crippen molar-refractivity contribution in [2.45, 2.75) is 63.6 Å². The summed E-state index contributed by atoms with van der Waals surface area (Å²) >= 11 is 0. The summed E-state index contributed by atoms with van der Waals surface area (Å²) in [6, 6.07) is 10.6. The van der Waals surface area contributed by atoms with Crippen LogP contribution in [0.1, 0.15) is 57.2 Å². The van der Waals surface area contributed by atoms with Crippen LogP contribution in [-0.4, -0.2) is 39.2 Å². The number of fused-ring (bicyclic) bond motifs is 1. The van der Waals surface area contributed by atoms with Gasteiger partial charge in [-0.25, -0.2) is 9.18 Å². The number of ether oxygens (including phenoxy) is 2. The van der Waals surface area contributed by atoms with E-state index in [-0.39, 0.29) is 29.5 Å². The zero-order valence-electron chi connectivity index (χ0n) is 22.9. The Labute approximate surface area is 231 Å². The second-order valence-corrected chi connectivity index (χ2v) is 12.2. The molecule has 0 spiro atoms. The zero-order chi connectivity index (χ0) is 29.9. The second-order valence-electron chi connectivity index (χ2n) is 10.7. The number of esters is 1. The Hall–Kier alpha value is -3.12. The van der Waals surface area contributed by atoms with Gasteiger partial charge in [-0.15, -0.1) is 0 Å². The molecule has 2 aromatic rings. The first-order valence-corrected chi connectivity index (χ1v) is 14.0. The van der Waals surface area contributed by atoms with E-state index in [4.69, 9.17) is 9.47 Å². The Balaban J connectivity index is 1.78. The zero-order valence-corrected chi connectivity index (χ0v) is 23.7. The van der Waals surface area contributed by atoms with Gasteiger partial charge in [0.05, 0.1) is 7.11 Å². The Morgan fingerprint density at radius 1 is 1.07 bits per heavy atom. The lowest BCUT2D eigenvalue weighted by Crippen LogP contribution is -2.50. The van der Waals surface area contributed by atoms with Gasteiger partial charge in [-0.2, -0.15) is 21.6 Å². The third-order valence-corrected chi connectivity index (χ3v) is 7.37. The molecule has 1 aliphatic carbocycles. The van der Waals surface area contributed by atoms with Crippen LogP contribution in [0.4, 0.5) is 17.6 Å². The van der Waals surface area contributed by atoms with E-state index in [9.17, 15) is 30.8 Å². The van der Waals surface area contributed by atoms with Crippen LogP contribution in [0.15, 0.2) is 48.5 Å². The lowest BCUT2D eigenvalue weighted by molar-refractivity contribution is -0.163. The molecule has 0 bridgehead atoms. The van der Waals surface area contributed by atoms with E-state index in [2.05, 4.69) is 9.50 Å². The molecule has 0 radical (unpaired) electrons. The summed E-state index contributed by atoms with van der Waals surface area (Å²) in [5, 5.41) is 3.18. The molecule has 2 atom stereocenters. The van der Waals surface area contributed by atoms with Crippen LogP contribution in [0, 0.1) is 11.7 Å². The molecule has 40 heavy (non-hydrogen) atoms. The molecule has 0 amide bonds. The molecule has 0 saturated carbocycles. The van der Waals surface area contributed by atoms with Crippen molar-refractivity contribution >= 4 is 21.8 Å². The van der Waals surface area contributed by atoms with Crippen molar-refractivity contribution in [3.05, 3.63) is 71.0 Å². The fourth-order valence-corrected chi connectivity index (χ4v) is 4.83. The molecule has 0 unspecified atom stereocenters. The van der Waals surface area contributed by atoms with Gasteiger partial charge in [-0.3, -0.25) is 5.32 Å². The molecule has 2 aromatic carbocycles. The Kier molecular flexibility index (Phi) is 9.25. The van der Waals surface area contributed by atoms with Crippen molar-refractivity contribution in [2.24, 2.45) is 5.92 Å². The number of nitrogens with one attached hydrogen (secondary N) is 1. The summed E-state index contributed by atoms with van der Waals surface area (Å²) in [6.45, 7) is 7.06. The summed E-state index contributed by atoms with van der Waals surface area (Å²) in [4.78, 5) is 13.3. The maximum absolute atomic E-state index is 14.1. The molecule has 12 heteroatoms. The van der Waals surface area contributed by atoms with E-state index < -0.39 is 38.6 Å². The highest BCUT2D eigenvalue weighted by atomic mass is 32.2. The third-order valence-electron chi connectivity index (χ3n) is 6.40. The fourth-order valence-electron chi connectivity index (χ4n) is 4.35. The first-order chi connectivity index (χ1) is 18.5. The van der Waals surface area contributed by atoms with Gasteiger partial charge in [0.2, 0.25) is 0 Å². The molecule has 3 rings (SSSR count). The predicted octanol–water partition coefficient (Wildman–Crippen LogP) is 5.84. The van der Waals surface area contributed by atoms with E-state index in [0.717, 1.165) is 0 Å². The first kappa shape index (κ1) is 31.4. The van der Waals surface area contributed by atoms with Gasteiger partial charge < -0.3 is 13.7 Å². The molecule has 1 aliphatic rings. The van der Waals surface area contributed by atoms with Gasteiger partial charge in [0, 0.05) is 5.56 Å². The summed E-state index contributed by atoms with van der Waals surface area (Å²) in [6.07, 6.45) is 2.76. The molecular weight excluding hydrogens is 554 g/mol. The Bertz CT molecular complexity index is 1370. The van der Waals surface area contributed by atoms with E-state index >= 15 is 0 Å². The summed E-state index contributed by atoms with van der Waals surface area (Å²) in [5.41, 5.74) is -6.37. The summed E-state index contributed by atoms with van der Waals surface area (Å²) < 4.78 is 91.6. The summed E-state index contributed by atoms with van der Waals surface area (Å²) in [7, 11) is -4.53. The molecule has 220 valence electrons. The lowest BCUT2D eigenvalue weighted by atomic mass is 9.85. The van der Waals surface area contributed by atoms with Gasteiger partial charge in [-0.05, 0) is 88.8 Å². The highest BCUT2D eigenvalue weighted by Gasteiger charge is 2.49. The van der Waals surface area contributed by atoms with Crippen LogP contribution >= 0.6 is 0 Å². The SMILES string of the molecule is COc1cc([C@@](C)(NCCC[C@H]2C=C(OS(=O)(=O)C(F)(F)F)c3ccccc3C2)C(=O)OC(C)(C)C)ccc1F. The van der Waals surface area contributed by atoms with Gasteiger partial charge in [0.1, 0.15) is 16.9 Å². The average Bonchev–Trinajstić information content (AvgIpc) is 2.85. The van der Waals surface area contributed by atoms with Crippen molar-refractivity contribution in [3.8, 4) is 5.75 Å². The van der Waals surface area contributed by atoms with Crippen LogP contribution in [0.25, 0.3) is 5.76 Å². The molecule has 1 N–H and O–H groups in total. The van der Waals surface area contributed by atoms with E-state index in [1.807, 2.05) is 0 Å². The first-order valence-electron chi connectivity index (χ1n) is 12.6. The van der Waals surface area contributed by atoms with Crippen LogP contribution < -0.4 is 10.1 Å². The minimum absolute atomic E-state index is 0.0403. The molecule has 0 aromatic heterocycles. The normalized spacial score (nSPS) is 17.3. The summed E-state index contributed by atoms with van der Waals surface area (Å²) in [5.74, 6) is -1.91. The lowest BCUT2D eigenvalue weighted by Gasteiger charge is -2.33. The van der Waals surface area contributed by atoms with Crippen molar-refractivity contribution < 1.29 is 44.4 Å². The molecule has 0 aliphatic heterocycles. The van der Waals surface area contributed by atoms with E-state index in [1.165, 1.54) is 37.5 Å². The van der Waals surface area contributed by atoms with Crippen molar-refractivity contribution in [1.29, 1.82) is 0 Å². The van der Waals surface area contributed by atoms with Crippen molar-refractivity contribution in [1.82, 2.24) is 5.32 Å². The van der Waals surface area contributed by atoms with Crippen LogP contribution in [0.3, 0.4) is 0 Å². The minimum Gasteiger partial charge on any atom is -0.494 e. The maximum atomic E-state index is 14.1. The Morgan fingerprint density at radius 3 is 2.38 bits per heavy atom. The number of carbonyl (C=O) groups is 1. The topological polar surface area (TPSA) is 90.9 Å². The van der Waals surface area contributed by atoms with E-state index in [0.29, 0.717) is 30.4 Å².